The zero-order valence-electron chi connectivity index (χ0n) is 10.3. The molecule has 19 heavy (non-hydrogen) atoms. The third-order valence-corrected chi connectivity index (χ3v) is 3.27. The summed E-state index contributed by atoms with van der Waals surface area (Å²) < 4.78 is 10.9. The maximum atomic E-state index is 10.7. The van der Waals surface area contributed by atoms with E-state index in [9.17, 15) is 10.1 Å². The van der Waals surface area contributed by atoms with Gasteiger partial charge in [-0.15, -0.1) is 0 Å². The molecule has 1 aromatic carbocycles. The smallest absolute Gasteiger partial charge is 0.296 e. The van der Waals surface area contributed by atoms with Crippen LogP contribution < -0.4 is 5.32 Å². The van der Waals surface area contributed by atoms with E-state index in [1.54, 1.807) is 6.07 Å². The van der Waals surface area contributed by atoms with Gasteiger partial charge in [0.1, 0.15) is 5.52 Å². The van der Waals surface area contributed by atoms with Gasteiger partial charge in [-0.25, -0.2) is 0 Å². The number of anilines is 1. The van der Waals surface area contributed by atoms with Gasteiger partial charge in [0.15, 0.2) is 5.58 Å². The van der Waals surface area contributed by atoms with Crippen molar-refractivity contribution in [2.45, 2.75) is 25.5 Å². The van der Waals surface area contributed by atoms with Crippen molar-refractivity contribution in [1.29, 1.82) is 0 Å². The van der Waals surface area contributed by atoms with Crippen molar-refractivity contribution in [3.8, 4) is 0 Å². The number of ether oxygens (including phenoxy) is 1. The molecule has 0 amide bonds. The van der Waals surface area contributed by atoms with Crippen LogP contribution in [0.5, 0.6) is 0 Å². The van der Waals surface area contributed by atoms with Gasteiger partial charge in [0.25, 0.3) is 11.7 Å². The normalized spacial score (nSPS) is 22.8. The zero-order valence-corrected chi connectivity index (χ0v) is 10.3. The molecule has 7 nitrogen and oxygen atoms in total. The van der Waals surface area contributed by atoms with Gasteiger partial charge in [-0.3, -0.25) is 10.1 Å². The number of aromatic nitrogens is 1. The zero-order chi connectivity index (χ0) is 13.4. The molecule has 1 aromatic heterocycles. The van der Waals surface area contributed by atoms with Gasteiger partial charge in [0.05, 0.1) is 23.1 Å². The van der Waals surface area contributed by atoms with E-state index in [1.807, 2.05) is 6.92 Å². The SMILES string of the molecule is CC1OCCC1Nc1nc2ccc([N+](=O)[O-])cc2o1. The van der Waals surface area contributed by atoms with E-state index in [1.165, 1.54) is 12.1 Å². The first-order valence-electron chi connectivity index (χ1n) is 6.06. The summed E-state index contributed by atoms with van der Waals surface area (Å²) in [7, 11) is 0. The van der Waals surface area contributed by atoms with Gasteiger partial charge in [0.2, 0.25) is 0 Å². The number of rotatable bonds is 3. The topological polar surface area (TPSA) is 90.4 Å². The van der Waals surface area contributed by atoms with Gasteiger partial charge in [-0.2, -0.15) is 4.98 Å². The summed E-state index contributed by atoms with van der Waals surface area (Å²) in [5, 5.41) is 13.8. The van der Waals surface area contributed by atoms with Crippen molar-refractivity contribution in [3.05, 3.63) is 28.3 Å². The summed E-state index contributed by atoms with van der Waals surface area (Å²) in [6, 6.07) is 4.90. The number of fused-ring (bicyclic) bond motifs is 1. The maximum absolute atomic E-state index is 10.7. The maximum Gasteiger partial charge on any atom is 0.296 e. The molecule has 1 saturated heterocycles. The highest BCUT2D eigenvalue weighted by Crippen LogP contribution is 2.25. The van der Waals surface area contributed by atoms with Crippen molar-refractivity contribution in [2.24, 2.45) is 0 Å². The molecule has 3 rings (SSSR count). The first kappa shape index (κ1) is 11.9. The second-order valence-corrected chi connectivity index (χ2v) is 4.54. The first-order chi connectivity index (χ1) is 9.13. The second-order valence-electron chi connectivity index (χ2n) is 4.54. The summed E-state index contributed by atoms with van der Waals surface area (Å²) in [5.41, 5.74) is 0.996. The molecule has 2 heterocycles. The first-order valence-corrected chi connectivity index (χ1v) is 6.06. The number of nitro benzene ring substituents is 1. The Morgan fingerprint density at radius 3 is 3.05 bits per heavy atom. The Hall–Kier alpha value is -2.15. The Morgan fingerprint density at radius 1 is 1.53 bits per heavy atom. The third-order valence-electron chi connectivity index (χ3n) is 3.27. The van der Waals surface area contributed by atoms with Crippen molar-refractivity contribution in [1.82, 2.24) is 4.98 Å². The molecule has 0 aliphatic carbocycles. The fourth-order valence-electron chi connectivity index (χ4n) is 2.17. The van der Waals surface area contributed by atoms with Crippen LogP contribution >= 0.6 is 0 Å². The summed E-state index contributed by atoms with van der Waals surface area (Å²) in [4.78, 5) is 14.5. The lowest BCUT2D eigenvalue weighted by atomic mass is 10.2. The molecule has 1 aliphatic rings. The minimum absolute atomic E-state index is 0.00670. The van der Waals surface area contributed by atoms with Gasteiger partial charge in [-0.05, 0) is 19.4 Å². The number of oxazole rings is 1. The molecular formula is C12H13N3O4. The van der Waals surface area contributed by atoms with Crippen molar-refractivity contribution in [3.63, 3.8) is 0 Å². The second kappa shape index (κ2) is 4.51. The van der Waals surface area contributed by atoms with E-state index in [0.717, 1.165) is 6.42 Å². The van der Waals surface area contributed by atoms with Crippen LogP contribution in [-0.2, 0) is 4.74 Å². The van der Waals surface area contributed by atoms with Crippen molar-refractivity contribution >= 4 is 22.8 Å². The number of nitrogens with one attached hydrogen (secondary N) is 1. The number of hydrogen-bond acceptors (Lipinski definition) is 6. The van der Waals surface area contributed by atoms with Crippen LogP contribution in [0.4, 0.5) is 11.7 Å². The molecule has 1 fully saturated rings. The Kier molecular flexibility index (Phi) is 2.83. The molecule has 0 spiro atoms. The predicted molar refractivity (Wildman–Crippen MR) is 68.1 cm³/mol. The molecule has 0 saturated carbocycles. The number of nitrogens with zero attached hydrogens (tertiary/aromatic N) is 2. The predicted octanol–water partition coefficient (Wildman–Crippen LogP) is 2.33. The van der Waals surface area contributed by atoms with Crippen LogP contribution in [0.2, 0.25) is 0 Å². The van der Waals surface area contributed by atoms with Crippen LogP contribution in [0.15, 0.2) is 22.6 Å². The number of benzene rings is 1. The van der Waals surface area contributed by atoms with E-state index in [0.29, 0.717) is 23.7 Å². The minimum Gasteiger partial charge on any atom is -0.423 e. The standard InChI is InChI=1S/C12H13N3O4/c1-7-9(4-5-18-7)13-12-14-10-3-2-8(15(16)17)6-11(10)19-12/h2-3,6-7,9H,4-5H2,1H3,(H,13,14). The van der Waals surface area contributed by atoms with Crippen molar-refractivity contribution < 1.29 is 14.1 Å². The average Bonchev–Trinajstić information content (AvgIpc) is 2.95. The van der Waals surface area contributed by atoms with Gasteiger partial charge in [-0.1, -0.05) is 0 Å². The van der Waals surface area contributed by atoms with E-state index in [-0.39, 0.29) is 17.8 Å². The molecule has 1 aliphatic heterocycles. The summed E-state index contributed by atoms with van der Waals surface area (Å²) in [6.45, 7) is 2.70. The highest BCUT2D eigenvalue weighted by Gasteiger charge is 2.25. The van der Waals surface area contributed by atoms with Crippen molar-refractivity contribution in [2.75, 3.05) is 11.9 Å². The highest BCUT2D eigenvalue weighted by atomic mass is 16.6. The minimum atomic E-state index is -0.456. The monoisotopic (exact) mass is 263 g/mol. The lowest BCUT2D eigenvalue weighted by molar-refractivity contribution is -0.384. The van der Waals surface area contributed by atoms with Crippen LogP contribution in [0, 0.1) is 10.1 Å². The number of non-ortho nitro benzene ring substituents is 1. The number of hydrogen-bond donors (Lipinski definition) is 1. The molecule has 2 atom stereocenters. The molecule has 100 valence electrons. The quantitative estimate of drug-likeness (QED) is 0.675. The summed E-state index contributed by atoms with van der Waals surface area (Å²) in [5.74, 6) is 0. The molecule has 0 bridgehead atoms. The number of nitro groups is 1. The van der Waals surface area contributed by atoms with E-state index in [2.05, 4.69) is 10.3 Å². The molecule has 7 heteroatoms. The highest BCUT2D eigenvalue weighted by molar-refractivity contribution is 5.77. The van der Waals surface area contributed by atoms with Gasteiger partial charge >= 0.3 is 0 Å². The third kappa shape index (κ3) is 2.24. The fourth-order valence-corrected chi connectivity index (χ4v) is 2.17. The van der Waals surface area contributed by atoms with E-state index >= 15 is 0 Å². The van der Waals surface area contributed by atoms with E-state index < -0.39 is 4.92 Å². The van der Waals surface area contributed by atoms with Gasteiger partial charge < -0.3 is 14.5 Å². The fraction of sp³-hybridized carbons (Fsp3) is 0.417. The van der Waals surface area contributed by atoms with Crippen LogP contribution in [0.3, 0.4) is 0 Å². The molecule has 2 aromatic rings. The average molecular weight is 263 g/mol. The Labute approximate surface area is 108 Å². The Balaban J connectivity index is 1.87. The lowest BCUT2D eigenvalue weighted by Crippen LogP contribution is -2.26. The lowest BCUT2D eigenvalue weighted by Gasteiger charge is -2.13. The molecule has 2 unspecified atom stereocenters. The Bertz CT molecular complexity index is 624. The molecular weight excluding hydrogens is 250 g/mol. The summed E-state index contributed by atoms with van der Waals surface area (Å²) in [6.07, 6.45) is 0.990. The molecule has 1 N–H and O–H groups in total. The molecule has 0 radical (unpaired) electrons. The summed E-state index contributed by atoms with van der Waals surface area (Å²) >= 11 is 0. The van der Waals surface area contributed by atoms with Crippen LogP contribution in [0.25, 0.3) is 11.1 Å². The van der Waals surface area contributed by atoms with Crippen LogP contribution in [0.1, 0.15) is 13.3 Å². The Morgan fingerprint density at radius 2 is 2.37 bits per heavy atom. The van der Waals surface area contributed by atoms with Gasteiger partial charge in [0, 0.05) is 12.7 Å². The van der Waals surface area contributed by atoms with Crippen LogP contribution in [-0.4, -0.2) is 28.7 Å². The largest absolute Gasteiger partial charge is 0.423 e. The van der Waals surface area contributed by atoms with E-state index in [4.69, 9.17) is 9.15 Å².